The van der Waals surface area contributed by atoms with E-state index in [1.807, 2.05) is 13.8 Å². The SMILES string of the molecule is CCN(CC(=O)NCc1ccc(F)cc1)C(=O)C1CCN(Cc2csc(C)n2)CC1. The number of hydrogen-bond acceptors (Lipinski definition) is 5. The number of benzene rings is 1. The summed E-state index contributed by atoms with van der Waals surface area (Å²) in [5.74, 6) is -0.492. The van der Waals surface area contributed by atoms with Gasteiger partial charge in [0.05, 0.1) is 17.2 Å². The van der Waals surface area contributed by atoms with E-state index < -0.39 is 0 Å². The van der Waals surface area contributed by atoms with Crippen LogP contribution in [0.1, 0.15) is 36.0 Å². The van der Waals surface area contributed by atoms with Gasteiger partial charge in [-0.1, -0.05) is 12.1 Å². The number of nitrogens with zero attached hydrogens (tertiary/aromatic N) is 3. The molecule has 2 heterocycles. The van der Waals surface area contributed by atoms with Crippen LogP contribution in [0.5, 0.6) is 0 Å². The van der Waals surface area contributed by atoms with Gasteiger partial charge in [-0.15, -0.1) is 11.3 Å². The molecule has 2 aromatic rings. The lowest BCUT2D eigenvalue weighted by Crippen LogP contribution is -2.46. The lowest BCUT2D eigenvalue weighted by molar-refractivity contribution is -0.140. The van der Waals surface area contributed by atoms with Crippen molar-refractivity contribution >= 4 is 23.2 Å². The minimum absolute atomic E-state index is 0.0386. The maximum atomic E-state index is 13.0. The summed E-state index contributed by atoms with van der Waals surface area (Å²) in [4.78, 5) is 33.7. The molecule has 0 saturated carbocycles. The summed E-state index contributed by atoms with van der Waals surface area (Å²) >= 11 is 1.66. The first-order chi connectivity index (χ1) is 14.4. The second kappa shape index (κ2) is 10.6. The fraction of sp³-hybridized carbons (Fsp3) is 0.500. The molecule has 1 saturated heterocycles. The Hall–Kier alpha value is -2.32. The largest absolute Gasteiger partial charge is 0.350 e. The van der Waals surface area contributed by atoms with E-state index in [-0.39, 0.29) is 30.1 Å². The first-order valence-electron chi connectivity index (χ1n) is 10.4. The fourth-order valence-electron chi connectivity index (χ4n) is 3.68. The number of aryl methyl sites for hydroxylation is 1. The molecule has 0 bridgehead atoms. The smallest absolute Gasteiger partial charge is 0.239 e. The summed E-state index contributed by atoms with van der Waals surface area (Å²) in [6.07, 6.45) is 1.60. The summed E-state index contributed by atoms with van der Waals surface area (Å²) in [5.41, 5.74) is 1.91. The quantitative estimate of drug-likeness (QED) is 0.697. The maximum absolute atomic E-state index is 13.0. The van der Waals surface area contributed by atoms with Crippen LogP contribution in [0.15, 0.2) is 29.6 Å². The molecule has 6 nitrogen and oxygen atoms in total. The van der Waals surface area contributed by atoms with Gasteiger partial charge in [0, 0.05) is 30.9 Å². The molecular formula is C22H29FN4O2S. The molecular weight excluding hydrogens is 403 g/mol. The molecule has 2 amide bonds. The number of likely N-dealkylation sites (tertiary alicyclic amines) is 1. The Bertz CT molecular complexity index is 847. The molecule has 0 atom stereocenters. The fourth-order valence-corrected chi connectivity index (χ4v) is 4.29. The molecule has 3 rings (SSSR count). The average molecular weight is 433 g/mol. The maximum Gasteiger partial charge on any atom is 0.239 e. The van der Waals surface area contributed by atoms with Crippen LogP contribution < -0.4 is 5.32 Å². The van der Waals surface area contributed by atoms with Crippen molar-refractivity contribution in [2.45, 2.75) is 39.8 Å². The molecule has 1 N–H and O–H groups in total. The van der Waals surface area contributed by atoms with E-state index in [2.05, 4.69) is 20.6 Å². The minimum atomic E-state index is -0.305. The van der Waals surface area contributed by atoms with Crippen LogP contribution in [0.4, 0.5) is 4.39 Å². The zero-order valence-corrected chi connectivity index (χ0v) is 18.4. The summed E-state index contributed by atoms with van der Waals surface area (Å²) in [6, 6.07) is 6.01. The third kappa shape index (κ3) is 6.34. The van der Waals surface area contributed by atoms with Crippen molar-refractivity contribution in [3.8, 4) is 0 Å². The zero-order chi connectivity index (χ0) is 21.5. The van der Waals surface area contributed by atoms with Crippen molar-refractivity contribution in [2.75, 3.05) is 26.2 Å². The van der Waals surface area contributed by atoms with Crippen LogP contribution in [0, 0.1) is 18.7 Å². The van der Waals surface area contributed by atoms with Gasteiger partial charge in [0.2, 0.25) is 11.8 Å². The van der Waals surface area contributed by atoms with Gasteiger partial charge in [-0.05, 0) is 57.5 Å². The van der Waals surface area contributed by atoms with Crippen molar-refractivity contribution < 1.29 is 14.0 Å². The highest BCUT2D eigenvalue weighted by Crippen LogP contribution is 2.21. The van der Waals surface area contributed by atoms with Crippen LogP contribution in [-0.4, -0.2) is 52.8 Å². The van der Waals surface area contributed by atoms with E-state index in [1.165, 1.54) is 12.1 Å². The number of halogens is 1. The zero-order valence-electron chi connectivity index (χ0n) is 17.6. The predicted octanol–water partition coefficient (Wildman–Crippen LogP) is 2.97. The van der Waals surface area contributed by atoms with E-state index >= 15 is 0 Å². The third-order valence-corrected chi connectivity index (χ3v) is 6.24. The number of carbonyl (C=O) groups excluding carboxylic acids is 2. The van der Waals surface area contributed by atoms with Gasteiger partial charge < -0.3 is 10.2 Å². The van der Waals surface area contributed by atoms with Crippen molar-refractivity contribution in [3.05, 3.63) is 51.7 Å². The second-order valence-corrected chi connectivity index (χ2v) is 8.73. The van der Waals surface area contributed by atoms with Crippen molar-refractivity contribution in [3.63, 3.8) is 0 Å². The molecule has 1 aliphatic heterocycles. The van der Waals surface area contributed by atoms with Crippen molar-refractivity contribution in [1.82, 2.24) is 20.1 Å². The Morgan fingerprint density at radius 1 is 1.27 bits per heavy atom. The topological polar surface area (TPSA) is 65.5 Å². The van der Waals surface area contributed by atoms with E-state index in [4.69, 9.17) is 0 Å². The van der Waals surface area contributed by atoms with Gasteiger partial charge in [-0.2, -0.15) is 0 Å². The molecule has 0 unspecified atom stereocenters. The van der Waals surface area contributed by atoms with Gasteiger partial charge in [-0.3, -0.25) is 14.5 Å². The van der Waals surface area contributed by atoms with Crippen LogP contribution in [0.25, 0.3) is 0 Å². The number of nitrogens with one attached hydrogen (secondary N) is 1. The van der Waals surface area contributed by atoms with Gasteiger partial charge in [0.1, 0.15) is 5.82 Å². The number of likely N-dealkylation sites (N-methyl/N-ethyl adjacent to an activating group) is 1. The van der Waals surface area contributed by atoms with Crippen molar-refractivity contribution in [2.24, 2.45) is 5.92 Å². The Morgan fingerprint density at radius 2 is 1.97 bits per heavy atom. The van der Waals surface area contributed by atoms with Gasteiger partial charge >= 0.3 is 0 Å². The summed E-state index contributed by atoms with van der Waals surface area (Å²) in [6.45, 7) is 7.32. The highest BCUT2D eigenvalue weighted by Gasteiger charge is 2.29. The molecule has 8 heteroatoms. The monoisotopic (exact) mass is 432 g/mol. The number of carbonyl (C=O) groups is 2. The molecule has 0 aliphatic carbocycles. The first kappa shape index (κ1) is 22.4. The lowest BCUT2D eigenvalue weighted by Gasteiger charge is -2.33. The van der Waals surface area contributed by atoms with E-state index in [1.54, 1.807) is 28.4 Å². The molecule has 30 heavy (non-hydrogen) atoms. The molecule has 1 aromatic heterocycles. The number of piperidine rings is 1. The van der Waals surface area contributed by atoms with Gasteiger partial charge in [-0.25, -0.2) is 9.37 Å². The Balaban J connectivity index is 1.43. The summed E-state index contributed by atoms with van der Waals surface area (Å²) < 4.78 is 13.0. The van der Waals surface area contributed by atoms with E-state index in [9.17, 15) is 14.0 Å². The average Bonchev–Trinajstić information content (AvgIpc) is 3.16. The highest BCUT2D eigenvalue weighted by atomic mass is 32.1. The molecule has 1 aromatic carbocycles. The highest BCUT2D eigenvalue weighted by molar-refractivity contribution is 7.09. The molecule has 0 spiro atoms. The van der Waals surface area contributed by atoms with Gasteiger partial charge in [0.15, 0.2) is 0 Å². The lowest BCUT2D eigenvalue weighted by atomic mass is 9.95. The second-order valence-electron chi connectivity index (χ2n) is 7.66. The van der Waals surface area contributed by atoms with Crippen LogP contribution >= 0.6 is 11.3 Å². The molecule has 1 aliphatic rings. The van der Waals surface area contributed by atoms with E-state index in [0.29, 0.717) is 13.1 Å². The number of aromatic nitrogens is 1. The van der Waals surface area contributed by atoms with Crippen LogP contribution in [0.2, 0.25) is 0 Å². The molecule has 162 valence electrons. The number of rotatable bonds is 8. The number of thiazole rings is 1. The Kier molecular flexibility index (Phi) is 7.93. The summed E-state index contributed by atoms with van der Waals surface area (Å²) in [5, 5.41) is 5.98. The molecule has 0 radical (unpaired) electrons. The standard InChI is InChI=1S/C22H29FN4O2S/c1-3-27(14-21(28)24-12-17-4-6-19(23)7-5-17)22(29)18-8-10-26(11-9-18)13-20-15-30-16(2)25-20/h4-7,15,18H,3,8-14H2,1-2H3,(H,24,28). The van der Waals surface area contributed by atoms with Crippen LogP contribution in [-0.2, 0) is 22.7 Å². The van der Waals surface area contributed by atoms with E-state index in [0.717, 1.165) is 48.7 Å². The molecule has 1 fully saturated rings. The van der Waals surface area contributed by atoms with Gasteiger partial charge in [0.25, 0.3) is 0 Å². The predicted molar refractivity (Wildman–Crippen MR) is 115 cm³/mol. The summed E-state index contributed by atoms with van der Waals surface area (Å²) in [7, 11) is 0. The first-order valence-corrected chi connectivity index (χ1v) is 11.3. The normalized spacial score (nSPS) is 15.2. The third-order valence-electron chi connectivity index (χ3n) is 5.42. The van der Waals surface area contributed by atoms with Crippen LogP contribution in [0.3, 0.4) is 0 Å². The Morgan fingerprint density at radius 3 is 2.57 bits per heavy atom. The number of hydrogen-bond donors (Lipinski definition) is 1. The number of amides is 2. The minimum Gasteiger partial charge on any atom is -0.350 e. The Labute approximate surface area is 181 Å². The van der Waals surface area contributed by atoms with Crippen molar-refractivity contribution in [1.29, 1.82) is 0 Å².